The first-order valence-electron chi connectivity index (χ1n) is 9.99. The van der Waals surface area contributed by atoms with Crippen molar-refractivity contribution in [1.82, 2.24) is 14.5 Å². The molecule has 1 fully saturated rings. The van der Waals surface area contributed by atoms with E-state index in [9.17, 15) is 9.59 Å². The molecule has 1 saturated heterocycles. The van der Waals surface area contributed by atoms with E-state index in [1.54, 1.807) is 31.4 Å². The van der Waals surface area contributed by atoms with E-state index in [0.717, 1.165) is 40.7 Å². The van der Waals surface area contributed by atoms with Gasteiger partial charge >= 0.3 is 5.69 Å². The maximum atomic E-state index is 12.5. The van der Waals surface area contributed by atoms with Gasteiger partial charge < -0.3 is 9.72 Å². The maximum absolute atomic E-state index is 12.5. The number of nitrogens with zero attached hydrogens (tertiary/aromatic N) is 2. The number of methoxy groups -OCH3 is 1. The minimum atomic E-state index is -0.403. The smallest absolute Gasteiger partial charge is 0.333 e. The molecule has 3 aromatic rings. The molecule has 1 aromatic heterocycles. The molecule has 156 valence electrons. The molecule has 1 aliphatic heterocycles. The Morgan fingerprint density at radius 2 is 1.93 bits per heavy atom. The number of aromatic nitrogens is 2. The third kappa shape index (κ3) is 4.57. The maximum Gasteiger partial charge on any atom is 0.333 e. The highest BCUT2D eigenvalue weighted by molar-refractivity contribution is 9.10. The number of aromatic amines is 1. The van der Waals surface area contributed by atoms with Gasteiger partial charge in [0.1, 0.15) is 5.75 Å². The Bertz CT molecular complexity index is 1110. The quantitative estimate of drug-likeness (QED) is 0.600. The number of likely N-dealkylation sites (tertiary alicyclic amines) is 1. The largest absolute Gasteiger partial charge is 0.497 e. The molecular weight excluding hydrogens is 446 g/mol. The molecule has 1 atom stereocenters. The molecule has 2 aromatic carbocycles. The van der Waals surface area contributed by atoms with Gasteiger partial charge in [-0.25, -0.2) is 9.36 Å². The van der Waals surface area contributed by atoms with Crippen molar-refractivity contribution in [3.05, 3.63) is 91.2 Å². The number of hydrogen-bond donors (Lipinski definition) is 1. The summed E-state index contributed by atoms with van der Waals surface area (Å²) in [7, 11) is 1.68. The summed E-state index contributed by atoms with van der Waals surface area (Å²) in [6, 6.07) is 16.5. The zero-order chi connectivity index (χ0) is 21.1. The van der Waals surface area contributed by atoms with E-state index < -0.39 is 5.69 Å². The lowest BCUT2D eigenvalue weighted by molar-refractivity contribution is 0.311. The van der Waals surface area contributed by atoms with Gasteiger partial charge in [0, 0.05) is 29.3 Å². The SMILES string of the molecule is COc1ccc(Br)c(CC2CCN(Cc3cc(=O)n(-c4ccccc4)c(=O)[nH]3)C2)c1. The molecule has 1 unspecified atom stereocenters. The predicted molar refractivity (Wildman–Crippen MR) is 120 cm³/mol. The van der Waals surface area contributed by atoms with E-state index in [1.807, 2.05) is 18.2 Å². The predicted octanol–water partition coefficient (Wildman–Crippen LogP) is 3.36. The molecule has 0 radical (unpaired) electrons. The lowest BCUT2D eigenvalue weighted by Gasteiger charge is -2.17. The number of nitrogens with one attached hydrogen (secondary N) is 1. The molecule has 0 amide bonds. The van der Waals surface area contributed by atoms with Gasteiger partial charge in [-0.05, 0) is 61.2 Å². The highest BCUT2D eigenvalue weighted by Crippen LogP contribution is 2.28. The minimum Gasteiger partial charge on any atom is -0.497 e. The van der Waals surface area contributed by atoms with Crippen molar-refractivity contribution in [2.75, 3.05) is 20.2 Å². The molecule has 30 heavy (non-hydrogen) atoms. The van der Waals surface area contributed by atoms with Crippen LogP contribution >= 0.6 is 15.9 Å². The molecule has 0 bridgehead atoms. The van der Waals surface area contributed by atoms with E-state index in [-0.39, 0.29) is 5.56 Å². The summed E-state index contributed by atoms with van der Waals surface area (Å²) < 4.78 is 7.60. The lowest BCUT2D eigenvalue weighted by atomic mass is 9.98. The summed E-state index contributed by atoms with van der Waals surface area (Å²) in [5.41, 5.74) is 1.75. The summed E-state index contributed by atoms with van der Waals surface area (Å²) in [6.07, 6.45) is 2.04. The zero-order valence-corrected chi connectivity index (χ0v) is 18.4. The van der Waals surface area contributed by atoms with Crippen molar-refractivity contribution < 1.29 is 4.74 Å². The Kier molecular flexibility index (Phi) is 6.20. The first kappa shape index (κ1) is 20.6. The van der Waals surface area contributed by atoms with Crippen LogP contribution in [-0.2, 0) is 13.0 Å². The normalized spacial score (nSPS) is 16.7. The number of rotatable bonds is 6. The van der Waals surface area contributed by atoms with Crippen LogP contribution in [0.15, 0.2) is 68.7 Å². The van der Waals surface area contributed by atoms with E-state index in [1.165, 1.54) is 11.6 Å². The van der Waals surface area contributed by atoms with Gasteiger partial charge in [-0.15, -0.1) is 0 Å². The van der Waals surface area contributed by atoms with E-state index >= 15 is 0 Å². The van der Waals surface area contributed by atoms with Crippen molar-refractivity contribution >= 4 is 15.9 Å². The Balaban J connectivity index is 1.44. The summed E-state index contributed by atoms with van der Waals surface area (Å²) in [4.78, 5) is 30.2. The fraction of sp³-hybridized carbons (Fsp3) is 0.304. The molecule has 1 aliphatic rings. The van der Waals surface area contributed by atoms with Crippen molar-refractivity contribution in [2.45, 2.75) is 19.4 Å². The van der Waals surface area contributed by atoms with E-state index in [4.69, 9.17) is 4.74 Å². The summed E-state index contributed by atoms with van der Waals surface area (Å²) >= 11 is 3.63. The van der Waals surface area contributed by atoms with Crippen LogP contribution in [-0.4, -0.2) is 34.7 Å². The third-order valence-electron chi connectivity index (χ3n) is 5.53. The van der Waals surface area contributed by atoms with Crippen LogP contribution in [0.5, 0.6) is 5.75 Å². The highest BCUT2D eigenvalue weighted by Gasteiger charge is 2.24. The number of ether oxygens (including phenoxy) is 1. The monoisotopic (exact) mass is 469 g/mol. The van der Waals surface area contributed by atoms with Gasteiger partial charge in [-0.3, -0.25) is 9.69 Å². The second kappa shape index (κ2) is 9.02. The molecule has 0 saturated carbocycles. The molecule has 0 aliphatic carbocycles. The Labute approximate surface area is 183 Å². The molecule has 1 N–H and O–H groups in total. The average Bonchev–Trinajstić information content (AvgIpc) is 3.16. The Morgan fingerprint density at radius 3 is 2.67 bits per heavy atom. The summed E-state index contributed by atoms with van der Waals surface area (Å²) in [6.45, 7) is 2.43. The van der Waals surface area contributed by atoms with Crippen LogP contribution < -0.4 is 16.0 Å². The summed E-state index contributed by atoms with van der Waals surface area (Å²) in [5.74, 6) is 1.38. The van der Waals surface area contributed by atoms with Crippen LogP contribution in [0.25, 0.3) is 5.69 Å². The number of para-hydroxylation sites is 1. The van der Waals surface area contributed by atoms with E-state index in [0.29, 0.717) is 23.8 Å². The molecule has 6 nitrogen and oxygen atoms in total. The number of halogens is 1. The highest BCUT2D eigenvalue weighted by atomic mass is 79.9. The molecular formula is C23H24BrN3O3. The fourth-order valence-electron chi connectivity index (χ4n) is 4.06. The number of hydrogen-bond acceptors (Lipinski definition) is 4. The third-order valence-corrected chi connectivity index (χ3v) is 6.30. The van der Waals surface area contributed by atoms with Crippen LogP contribution in [0.1, 0.15) is 17.7 Å². The zero-order valence-electron chi connectivity index (χ0n) is 16.8. The molecule has 2 heterocycles. The van der Waals surface area contributed by atoms with Gasteiger partial charge in [0.2, 0.25) is 0 Å². The Hall–Kier alpha value is -2.64. The number of H-pyrrole nitrogens is 1. The van der Waals surface area contributed by atoms with Crippen LogP contribution in [0, 0.1) is 5.92 Å². The van der Waals surface area contributed by atoms with Gasteiger partial charge in [0.15, 0.2) is 0 Å². The lowest BCUT2D eigenvalue weighted by Crippen LogP contribution is -2.35. The van der Waals surface area contributed by atoms with Crippen LogP contribution in [0.4, 0.5) is 0 Å². The van der Waals surface area contributed by atoms with Crippen LogP contribution in [0.2, 0.25) is 0 Å². The van der Waals surface area contributed by atoms with E-state index in [2.05, 4.69) is 31.9 Å². The topological polar surface area (TPSA) is 67.3 Å². The molecule has 7 heteroatoms. The second-order valence-electron chi connectivity index (χ2n) is 7.66. The summed E-state index contributed by atoms with van der Waals surface area (Å²) in [5, 5.41) is 0. The second-order valence-corrected chi connectivity index (χ2v) is 8.51. The molecule has 4 rings (SSSR count). The Morgan fingerprint density at radius 1 is 1.13 bits per heavy atom. The van der Waals surface area contributed by atoms with Crippen molar-refractivity contribution in [3.63, 3.8) is 0 Å². The van der Waals surface area contributed by atoms with Gasteiger partial charge in [0.25, 0.3) is 5.56 Å². The van der Waals surface area contributed by atoms with Crippen molar-refractivity contribution in [1.29, 1.82) is 0 Å². The standard InChI is InChI=1S/C23H24BrN3O3/c1-30-20-7-8-21(24)17(12-20)11-16-9-10-26(14-16)15-18-13-22(28)27(23(29)25-18)19-5-3-2-4-6-19/h2-8,12-13,16H,9-11,14-15H2,1H3,(H,25,29). The van der Waals surface area contributed by atoms with Gasteiger partial charge in [0.05, 0.1) is 12.8 Å². The minimum absolute atomic E-state index is 0.309. The number of benzene rings is 2. The van der Waals surface area contributed by atoms with Crippen molar-refractivity contribution in [3.8, 4) is 11.4 Å². The first-order chi connectivity index (χ1) is 14.5. The average molecular weight is 470 g/mol. The van der Waals surface area contributed by atoms with Gasteiger partial charge in [-0.1, -0.05) is 34.1 Å². The fourth-order valence-corrected chi connectivity index (χ4v) is 4.47. The molecule has 0 spiro atoms. The first-order valence-corrected chi connectivity index (χ1v) is 10.8. The van der Waals surface area contributed by atoms with Crippen LogP contribution in [0.3, 0.4) is 0 Å². The van der Waals surface area contributed by atoms with Gasteiger partial charge in [-0.2, -0.15) is 0 Å². The van der Waals surface area contributed by atoms with Crippen molar-refractivity contribution in [2.24, 2.45) is 5.92 Å².